The lowest BCUT2D eigenvalue weighted by Crippen LogP contribution is -1.93. The highest BCUT2D eigenvalue weighted by molar-refractivity contribution is 7.99. The number of pyridine rings is 1. The second-order valence-corrected chi connectivity index (χ2v) is 4.14. The molecule has 6 heteroatoms. The number of carbonyl (C=O) groups excluding carboxylic acids is 1. The number of nitrogens with zero attached hydrogens (tertiary/aromatic N) is 3. The van der Waals surface area contributed by atoms with Crippen LogP contribution < -0.4 is 0 Å². The van der Waals surface area contributed by atoms with E-state index in [-0.39, 0.29) is 5.78 Å². The Morgan fingerprint density at radius 2 is 2.19 bits per heavy atom. The molecule has 0 aliphatic rings. The zero-order valence-corrected chi connectivity index (χ0v) is 9.49. The molecule has 0 aromatic carbocycles. The van der Waals surface area contributed by atoms with Gasteiger partial charge in [-0.15, -0.1) is 5.10 Å². The lowest BCUT2D eigenvalue weighted by Gasteiger charge is -1.92. The number of rotatable bonds is 4. The van der Waals surface area contributed by atoms with Crippen LogP contribution in [0.2, 0.25) is 0 Å². The molecule has 0 amide bonds. The molecule has 82 valence electrons. The predicted octanol–water partition coefficient (Wildman–Crippen LogP) is 1.55. The summed E-state index contributed by atoms with van der Waals surface area (Å²) in [5.41, 5.74) is 0.928. The van der Waals surface area contributed by atoms with Crippen molar-refractivity contribution in [1.29, 1.82) is 0 Å². The van der Waals surface area contributed by atoms with Crippen LogP contribution in [0, 0.1) is 0 Å². The van der Waals surface area contributed by atoms with Gasteiger partial charge in [-0.2, -0.15) is 0 Å². The van der Waals surface area contributed by atoms with Crippen LogP contribution in [0.25, 0.3) is 11.4 Å². The first-order chi connectivity index (χ1) is 7.75. The fraction of sp³-hybridized carbons (Fsp3) is 0.200. The summed E-state index contributed by atoms with van der Waals surface area (Å²) in [6.45, 7) is 1.55. The topological polar surface area (TPSA) is 71.5 Å². The number of ketones is 1. The minimum atomic E-state index is 0.111. The normalized spacial score (nSPS) is 10.3. The van der Waals surface area contributed by atoms with E-state index in [1.165, 1.54) is 11.8 Å². The van der Waals surface area contributed by atoms with Crippen LogP contribution in [0.15, 0.2) is 29.7 Å². The maximum atomic E-state index is 10.8. The Hall–Kier alpha value is -1.69. The van der Waals surface area contributed by atoms with Gasteiger partial charge in [0, 0.05) is 18.0 Å². The number of Topliss-reactive ketones (excluding diaryl/α,β-unsaturated/α-hetero) is 1. The van der Waals surface area contributed by atoms with E-state index in [0.29, 0.717) is 16.7 Å². The van der Waals surface area contributed by atoms with E-state index < -0.39 is 0 Å². The van der Waals surface area contributed by atoms with Crippen LogP contribution in [0.3, 0.4) is 0 Å². The highest BCUT2D eigenvalue weighted by Crippen LogP contribution is 2.18. The van der Waals surface area contributed by atoms with E-state index in [0.717, 1.165) is 5.56 Å². The summed E-state index contributed by atoms with van der Waals surface area (Å²) in [5, 5.41) is 7.43. The fourth-order valence-corrected chi connectivity index (χ4v) is 1.71. The molecule has 0 saturated heterocycles. The summed E-state index contributed by atoms with van der Waals surface area (Å²) in [4.78, 5) is 19.0. The van der Waals surface area contributed by atoms with Crippen LogP contribution >= 0.6 is 11.8 Å². The minimum Gasteiger partial charge on any atom is -0.299 e. The number of nitrogens with one attached hydrogen (secondary N) is 1. The molecule has 0 aliphatic heterocycles. The van der Waals surface area contributed by atoms with Crippen LogP contribution in [-0.2, 0) is 4.79 Å². The Morgan fingerprint density at radius 1 is 1.44 bits per heavy atom. The number of carbonyl (C=O) groups is 1. The molecule has 5 nitrogen and oxygen atoms in total. The van der Waals surface area contributed by atoms with Gasteiger partial charge in [0.1, 0.15) is 5.78 Å². The van der Waals surface area contributed by atoms with Gasteiger partial charge in [-0.05, 0) is 19.1 Å². The number of thioether (sulfide) groups is 1. The monoisotopic (exact) mass is 234 g/mol. The maximum Gasteiger partial charge on any atom is 0.209 e. The largest absolute Gasteiger partial charge is 0.299 e. The first-order valence-electron chi connectivity index (χ1n) is 4.71. The molecule has 2 heterocycles. The van der Waals surface area contributed by atoms with Crippen molar-refractivity contribution in [2.45, 2.75) is 12.1 Å². The van der Waals surface area contributed by atoms with E-state index in [2.05, 4.69) is 20.2 Å². The second kappa shape index (κ2) is 4.89. The van der Waals surface area contributed by atoms with Crippen molar-refractivity contribution in [3.63, 3.8) is 0 Å². The summed E-state index contributed by atoms with van der Waals surface area (Å²) in [7, 11) is 0. The molecule has 0 aliphatic carbocycles. The van der Waals surface area contributed by atoms with E-state index in [1.54, 1.807) is 19.3 Å². The van der Waals surface area contributed by atoms with Gasteiger partial charge in [-0.3, -0.25) is 14.9 Å². The molecule has 2 aromatic heterocycles. The Balaban J connectivity index is 2.11. The lowest BCUT2D eigenvalue weighted by molar-refractivity contribution is -0.114. The predicted molar refractivity (Wildman–Crippen MR) is 61.0 cm³/mol. The van der Waals surface area contributed by atoms with Crippen molar-refractivity contribution in [1.82, 2.24) is 20.2 Å². The van der Waals surface area contributed by atoms with Gasteiger partial charge in [0.2, 0.25) is 5.16 Å². The van der Waals surface area contributed by atoms with Gasteiger partial charge in [-0.1, -0.05) is 11.8 Å². The second-order valence-electron chi connectivity index (χ2n) is 3.19. The standard InChI is InChI=1S/C10H10N4OS/c1-7(15)6-16-10-12-9(13-14-10)8-2-4-11-5-3-8/h2-5H,6H2,1H3,(H,12,13,14). The van der Waals surface area contributed by atoms with E-state index >= 15 is 0 Å². The third kappa shape index (κ3) is 2.66. The number of hydrogen-bond acceptors (Lipinski definition) is 5. The molecule has 0 spiro atoms. The molecule has 0 radical (unpaired) electrons. The number of hydrogen-bond donors (Lipinski definition) is 1. The van der Waals surface area contributed by atoms with E-state index in [4.69, 9.17) is 0 Å². The first-order valence-corrected chi connectivity index (χ1v) is 5.69. The van der Waals surface area contributed by atoms with Crippen LogP contribution in [-0.4, -0.2) is 31.7 Å². The SMILES string of the molecule is CC(=O)CSc1n[nH]c(-c2ccncc2)n1. The van der Waals surface area contributed by atoms with Crippen molar-refractivity contribution >= 4 is 17.5 Å². The van der Waals surface area contributed by atoms with Crippen molar-refractivity contribution in [3.8, 4) is 11.4 Å². The highest BCUT2D eigenvalue weighted by Gasteiger charge is 2.06. The average Bonchev–Trinajstić information content (AvgIpc) is 2.76. The molecule has 0 atom stereocenters. The van der Waals surface area contributed by atoms with Gasteiger partial charge >= 0.3 is 0 Å². The van der Waals surface area contributed by atoms with Gasteiger partial charge in [0.15, 0.2) is 5.82 Å². The molecular formula is C10H10N4OS. The molecule has 2 rings (SSSR count). The first kappa shape index (κ1) is 10.8. The maximum absolute atomic E-state index is 10.8. The molecule has 0 unspecified atom stereocenters. The summed E-state index contributed by atoms with van der Waals surface area (Å²) in [6, 6.07) is 3.69. The van der Waals surface area contributed by atoms with Crippen molar-refractivity contribution in [2.75, 3.05) is 5.75 Å². The van der Waals surface area contributed by atoms with Gasteiger partial charge in [0.25, 0.3) is 0 Å². The Kier molecular flexibility index (Phi) is 3.31. The van der Waals surface area contributed by atoms with E-state index in [9.17, 15) is 4.79 Å². The summed E-state index contributed by atoms with van der Waals surface area (Å²) in [5.74, 6) is 1.20. The van der Waals surface area contributed by atoms with E-state index in [1.807, 2.05) is 12.1 Å². The Morgan fingerprint density at radius 3 is 2.88 bits per heavy atom. The van der Waals surface area contributed by atoms with Crippen LogP contribution in [0.5, 0.6) is 0 Å². The average molecular weight is 234 g/mol. The number of aromatic amines is 1. The number of H-pyrrole nitrogens is 1. The highest BCUT2D eigenvalue weighted by atomic mass is 32.2. The molecule has 0 bridgehead atoms. The molecule has 2 aromatic rings. The fourth-order valence-electron chi connectivity index (χ4n) is 1.12. The van der Waals surface area contributed by atoms with Crippen LogP contribution in [0.1, 0.15) is 6.92 Å². The third-order valence-corrected chi connectivity index (χ3v) is 2.81. The van der Waals surface area contributed by atoms with Gasteiger partial charge in [-0.25, -0.2) is 4.98 Å². The van der Waals surface area contributed by atoms with Gasteiger partial charge < -0.3 is 0 Å². The third-order valence-electron chi connectivity index (χ3n) is 1.82. The zero-order chi connectivity index (χ0) is 11.4. The quantitative estimate of drug-likeness (QED) is 0.812. The molecule has 0 fully saturated rings. The summed E-state index contributed by atoms with van der Waals surface area (Å²) in [6.07, 6.45) is 3.39. The molecule has 16 heavy (non-hydrogen) atoms. The van der Waals surface area contributed by atoms with Crippen LogP contribution in [0.4, 0.5) is 0 Å². The summed E-state index contributed by atoms with van der Waals surface area (Å²) >= 11 is 1.33. The minimum absolute atomic E-state index is 0.111. The Labute approximate surface area is 96.7 Å². The molecule has 0 saturated carbocycles. The van der Waals surface area contributed by atoms with Crippen molar-refractivity contribution in [3.05, 3.63) is 24.5 Å². The van der Waals surface area contributed by atoms with Crippen molar-refractivity contribution < 1.29 is 4.79 Å². The Bertz CT molecular complexity index is 483. The van der Waals surface area contributed by atoms with Crippen molar-refractivity contribution in [2.24, 2.45) is 0 Å². The van der Waals surface area contributed by atoms with Gasteiger partial charge in [0.05, 0.1) is 5.75 Å². The molecular weight excluding hydrogens is 224 g/mol. The molecule has 1 N–H and O–H groups in total. The lowest BCUT2D eigenvalue weighted by atomic mass is 10.3. The summed E-state index contributed by atoms with van der Waals surface area (Å²) < 4.78 is 0. The smallest absolute Gasteiger partial charge is 0.209 e. The number of aromatic nitrogens is 4. The zero-order valence-electron chi connectivity index (χ0n) is 8.67.